The summed E-state index contributed by atoms with van der Waals surface area (Å²) in [5.41, 5.74) is -1.61. The average Bonchev–Trinajstić information content (AvgIpc) is 3.96. The van der Waals surface area contributed by atoms with E-state index in [0.717, 1.165) is 21.3 Å². The van der Waals surface area contributed by atoms with Crippen LogP contribution >= 0.6 is 0 Å². The fourth-order valence-electron chi connectivity index (χ4n) is 5.79. The van der Waals surface area contributed by atoms with E-state index in [9.17, 15) is 37.5 Å². The molecule has 0 spiro atoms. The number of fused-ring (bicyclic) bond motifs is 1. The number of pyridine rings is 1. The molecule has 3 fully saturated rings. The Labute approximate surface area is 271 Å². The molecule has 15 nitrogen and oxygen atoms in total. The molecule has 47 heavy (non-hydrogen) atoms. The maximum atomic E-state index is 14.0. The van der Waals surface area contributed by atoms with Crippen LogP contribution in [0.2, 0.25) is 0 Å². The lowest BCUT2D eigenvalue weighted by Gasteiger charge is -2.30. The van der Waals surface area contributed by atoms with Crippen LogP contribution in [0, 0.1) is 5.92 Å². The van der Waals surface area contributed by atoms with Crippen LogP contribution in [0.1, 0.15) is 25.7 Å². The van der Waals surface area contributed by atoms with Crippen LogP contribution in [-0.2, 0) is 29.2 Å². The van der Waals surface area contributed by atoms with Gasteiger partial charge in [0.05, 0.1) is 18.3 Å². The summed E-state index contributed by atoms with van der Waals surface area (Å²) in [4.78, 5) is 71.7. The number of hydrogen-bond donors (Lipinski definition) is 4. The van der Waals surface area contributed by atoms with Gasteiger partial charge in [0.25, 0.3) is 5.91 Å². The van der Waals surface area contributed by atoms with Crippen LogP contribution in [0.3, 0.4) is 0 Å². The number of amides is 5. The van der Waals surface area contributed by atoms with Gasteiger partial charge in [0.1, 0.15) is 23.7 Å². The molecule has 2 saturated carbocycles. The summed E-state index contributed by atoms with van der Waals surface area (Å²) in [7, 11) is -2.56. The molecule has 4 N–H and O–H groups in total. The topological polar surface area (TPSA) is 204 Å². The Kier molecular flexibility index (Phi) is 9.25. The second-order valence-electron chi connectivity index (χ2n) is 11.9. The van der Waals surface area contributed by atoms with Crippen molar-refractivity contribution in [2.24, 2.45) is 5.92 Å². The number of likely N-dealkylation sites (tertiary alicyclic amines) is 1. The second kappa shape index (κ2) is 13.0. The van der Waals surface area contributed by atoms with E-state index < -0.39 is 74.6 Å². The molecule has 1 aromatic heterocycles. The molecule has 2 aromatic rings. The van der Waals surface area contributed by atoms with Crippen LogP contribution in [0.15, 0.2) is 61.8 Å². The molecule has 2 heterocycles. The highest BCUT2D eigenvalue weighted by Crippen LogP contribution is 2.45. The number of sulfonamides is 1. The summed E-state index contributed by atoms with van der Waals surface area (Å²) in [5.74, 6) is -3.37. The monoisotopic (exact) mass is 668 g/mol. The predicted molar refractivity (Wildman–Crippen MR) is 168 cm³/mol. The SMILES string of the molecule is C=CC(=O)N(C)CC(NC(=O)O)C(=O)N1CC(Oc2nccc3ccccc23)CC1C(=O)NC1(C(=O)NS(=O)(=O)C2CC2)CC1C=C. The molecule has 16 heteroatoms. The number of nitrogens with zero attached hydrogens (tertiary/aromatic N) is 3. The Hall–Kier alpha value is -4.99. The van der Waals surface area contributed by atoms with E-state index >= 15 is 0 Å². The Bertz CT molecular complexity index is 1740. The van der Waals surface area contributed by atoms with Gasteiger partial charge in [-0.2, -0.15) is 0 Å². The normalized spacial score (nSPS) is 24.0. The third-order valence-corrected chi connectivity index (χ3v) is 10.4. The molecule has 1 saturated heterocycles. The molecule has 0 radical (unpaired) electrons. The fourth-order valence-corrected chi connectivity index (χ4v) is 7.16. The van der Waals surface area contributed by atoms with E-state index in [1.807, 2.05) is 12.1 Å². The van der Waals surface area contributed by atoms with Crippen molar-refractivity contribution in [1.82, 2.24) is 30.1 Å². The molecule has 1 aliphatic heterocycles. The molecule has 3 aliphatic rings. The van der Waals surface area contributed by atoms with Crippen LogP contribution in [0.4, 0.5) is 4.79 Å². The van der Waals surface area contributed by atoms with Gasteiger partial charge in [0, 0.05) is 31.0 Å². The lowest BCUT2D eigenvalue weighted by Crippen LogP contribution is -2.59. The van der Waals surface area contributed by atoms with E-state index in [4.69, 9.17) is 4.74 Å². The zero-order valence-corrected chi connectivity index (χ0v) is 26.4. The molecule has 5 amide bonds. The van der Waals surface area contributed by atoms with Gasteiger partial charge in [0.2, 0.25) is 33.6 Å². The lowest BCUT2D eigenvalue weighted by molar-refractivity contribution is -0.141. The number of ether oxygens (including phenoxy) is 1. The minimum atomic E-state index is -3.92. The van der Waals surface area contributed by atoms with Crippen LogP contribution < -0.4 is 20.1 Å². The van der Waals surface area contributed by atoms with Crippen molar-refractivity contribution in [3.05, 3.63) is 61.8 Å². The number of carboxylic acid groups (broad SMARTS) is 1. The van der Waals surface area contributed by atoms with E-state index in [0.29, 0.717) is 18.2 Å². The predicted octanol–water partition coefficient (Wildman–Crippen LogP) is 0.533. The first-order valence-electron chi connectivity index (χ1n) is 15.0. The molecular formula is C31H36N6O9S. The number of hydrogen-bond acceptors (Lipinski definition) is 9. The van der Waals surface area contributed by atoms with Crippen LogP contribution in [0.5, 0.6) is 5.88 Å². The number of carbonyl (C=O) groups is 5. The van der Waals surface area contributed by atoms with Gasteiger partial charge in [0.15, 0.2) is 0 Å². The highest BCUT2D eigenvalue weighted by molar-refractivity contribution is 7.91. The highest BCUT2D eigenvalue weighted by atomic mass is 32.2. The molecule has 5 unspecified atom stereocenters. The van der Waals surface area contributed by atoms with Crippen molar-refractivity contribution >= 4 is 50.5 Å². The number of carbonyl (C=O) groups excluding carboxylic acids is 4. The molecular weight excluding hydrogens is 632 g/mol. The van der Waals surface area contributed by atoms with Gasteiger partial charge in [-0.3, -0.25) is 23.9 Å². The molecule has 0 bridgehead atoms. The minimum absolute atomic E-state index is 0.0689. The standard InChI is InChI=1S/C31H36N6O9S/c1-4-19-15-31(19,29(41)35-47(44,45)21-10-11-21)34-26(39)24-14-20(46-27-22-9-7-6-8-18(22)12-13-32-27)16-37(24)28(40)23(33-30(42)43)17-36(3)25(38)5-2/h4-9,12-13,19-21,23-24,33H,1-2,10-11,14-17H2,3H3,(H,34,39)(H,35,41)(H,42,43). The number of benzene rings is 1. The quantitative estimate of drug-likeness (QED) is 0.172. The summed E-state index contributed by atoms with van der Waals surface area (Å²) in [6.07, 6.45) is 2.56. The lowest BCUT2D eigenvalue weighted by atomic mass is 10.1. The van der Waals surface area contributed by atoms with E-state index in [2.05, 4.69) is 33.5 Å². The summed E-state index contributed by atoms with van der Waals surface area (Å²) < 4.78 is 33.4. The zero-order valence-electron chi connectivity index (χ0n) is 25.6. The largest absolute Gasteiger partial charge is 0.472 e. The number of nitrogens with one attached hydrogen (secondary N) is 3. The van der Waals surface area contributed by atoms with Crippen molar-refractivity contribution < 1.29 is 42.2 Å². The maximum absolute atomic E-state index is 14.0. The average molecular weight is 669 g/mol. The first kappa shape index (κ1) is 33.4. The van der Waals surface area contributed by atoms with Gasteiger partial charge >= 0.3 is 6.09 Å². The fraction of sp³-hybridized carbons (Fsp3) is 0.419. The number of aromatic nitrogens is 1. The first-order chi connectivity index (χ1) is 22.3. The smallest absolute Gasteiger partial charge is 0.405 e. The highest BCUT2D eigenvalue weighted by Gasteiger charge is 2.62. The van der Waals surface area contributed by atoms with Crippen molar-refractivity contribution in [2.75, 3.05) is 20.1 Å². The summed E-state index contributed by atoms with van der Waals surface area (Å²) in [6.45, 7) is 6.56. The Morgan fingerprint density at radius 3 is 2.55 bits per heavy atom. The minimum Gasteiger partial charge on any atom is -0.472 e. The third kappa shape index (κ3) is 7.06. The van der Waals surface area contributed by atoms with Crippen molar-refractivity contribution in [3.63, 3.8) is 0 Å². The van der Waals surface area contributed by atoms with Gasteiger partial charge in [-0.1, -0.05) is 30.9 Å². The van der Waals surface area contributed by atoms with Crippen molar-refractivity contribution in [3.8, 4) is 5.88 Å². The second-order valence-corrected chi connectivity index (χ2v) is 13.9. The van der Waals surface area contributed by atoms with Crippen LogP contribution in [-0.4, -0.2) is 107 Å². The summed E-state index contributed by atoms with van der Waals surface area (Å²) >= 11 is 0. The third-order valence-electron chi connectivity index (χ3n) is 8.62. The Balaban J connectivity index is 1.43. The Morgan fingerprint density at radius 1 is 1.19 bits per heavy atom. The zero-order chi connectivity index (χ0) is 34.1. The molecule has 250 valence electrons. The van der Waals surface area contributed by atoms with Gasteiger partial charge in [-0.25, -0.2) is 18.2 Å². The molecule has 1 aromatic carbocycles. The van der Waals surface area contributed by atoms with Gasteiger partial charge in [-0.15, -0.1) is 6.58 Å². The Morgan fingerprint density at radius 2 is 1.91 bits per heavy atom. The maximum Gasteiger partial charge on any atom is 0.405 e. The number of rotatable bonds is 13. The molecule has 2 aliphatic carbocycles. The van der Waals surface area contributed by atoms with Gasteiger partial charge < -0.3 is 30.3 Å². The van der Waals surface area contributed by atoms with Crippen molar-refractivity contribution in [2.45, 2.75) is 54.7 Å². The van der Waals surface area contributed by atoms with E-state index in [-0.39, 0.29) is 31.8 Å². The first-order valence-corrected chi connectivity index (χ1v) is 16.5. The number of likely N-dealkylation sites (N-methyl/N-ethyl adjacent to an activating group) is 1. The van der Waals surface area contributed by atoms with Crippen LogP contribution in [0.25, 0.3) is 10.8 Å². The molecule has 5 atom stereocenters. The van der Waals surface area contributed by atoms with Gasteiger partial charge in [-0.05, 0) is 42.9 Å². The van der Waals surface area contributed by atoms with E-state index in [1.165, 1.54) is 13.1 Å². The summed E-state index contributed by atoms with van der Waals surface area (Å²) in [5, 5.41) is 15.2. The summed E-state index contributed by atoms with van der Waals surface area (Å²) in [6, 6.07) is 6.38. The van der Waals surface area contributed by atoms with E-state index in [1.54, 1.807) is 24.4 Å². The van der Waals surface area contributed by atoms with Crippen molar-refractivity contribution in [1.29, 1.82) is 0 Å². The molecule has 5 rings (SSSR count).